The van der Waals surface area contributed by atoms with Crippen LogP contribution >= 0.6 is 12.2 Å². The standard InChI is InChI=1S/C11H20N2O4S.CH4N2O3S/c1-10(2,3)16-8(14)12-7(18)13-9(15)17-11(4,5)6;2-3-1-7(4,5)6/h1-6H3,(H2,12,13,14,15,18);1H,2H2,(H,4,5,6). The number of hydrazone groups is 1. The SMILES string of the molecule is CC(C)(C)OC(=O)NC(=S)NC(=O)OC(C)(C)C.NN=CS(=O)(=O)O. The fourth-order valence-electron chi connectivity index (χ4n) is 0.901. The molecule has 0 atom stereocenters. The van der Waals surface area contributed by atoms with Crippen LogP contribution in [0.5, 0.6) is 0 Å². The van der Waals surface area contributed by atoms with Gasteiger partial charge in [0.2, 0.25) is 0 Å². The molecule has 0 aromatic carbocycles. The van der Waals surface area contributed by atoms with E-state index in [1.807, 2.05) is 0 Å². The highest BCUT2D eigenvalue weighted by Crippen LogP contribution is 2.07. The van der Waals surface area contributed by atoms with E-state index in [1.165, 1.54) is 0 Å². The number of nitrogens with zero attached hydrogens (tertiary/aromatic N) is 1. The Balaban J connectivity index is 0. The van der Waals surface area contributed by atoms with Gasteiger partial charge in [-0.25, -0.2) is 9.59 Å². The molecule has 0 aliphatic rings. The molecule has 0 aromatic rings. The first-order chi connectivity index (χ1) is 10.9. The maximum Gasteiger partial charge on any atom is 0.413 e. The van der Waals surface area contributed by atoms with E-state index in [0.29, 0.717) is 0 Å². The highest BCUT2D eigenvalue weighted by Gasteiger charge is 2.20. The molecule has 0 saturated heterocycles. The lowest BCUT2D eigenvalue weighted by Gasteiger charge is -2.21. The minimum absolute atomic E-state index is 0.168. The van der Waals surface area contributed by atoms with Crippen molar-refractivity contribution < 1.29 is 32.0 Å². The third-order valence-corrected chi connectivity index (χ3v) is 2.02. The van der Waals surface area contributed by atoms with Crippen LogP contribution in [0.2, 0.25) is 0 Å². The number of rotatable bonds is 1. The molecule has 2 amide bonds. The average Bonchev–Trinajstić information content (AvgIpc) is 2.20. The monoisotopic (exact) mass is 400 g/mol. The fraction of sp³-hybridized carbons (Fsp3) is 0.667. The van der Waals surface area contributed by atoms with E-state index in [0.717, 1.165) is 0 Å². The van der Waals surface area contributed by atoms with Crippen LogP contribution in [0.25, 0.3) is 0 Å². The largest absolute Gasteiger partial charge is 0.444 e. The zero-order valence-electron chi connectivity index (χ0n) is 14.8. The molecule has 0 spiro atoms. The van der Waals surface area contributed by atoms with Gasteiger partial charge in [-0.3, -0.25) is 15.2 Å². The van der Waals surface area contributed by atoms with Gasteiger partial charge in [-0.15, -0.1) is 0 Å². The van der Waals surface area contributed by atoms with E-state index in [-0.39, 0.29) is 10.7 Å². The van der Waals surface area contributed by atoms with Crippen molar-refractivity contribution in [2.45, 2.75) is 52.7 Å². The molecule has 13 heteroatoms. The van der Waals surface area contributed by atoms with E-state index in [9.17, 15) is 18.0 Å². The van der Waals surface area contributed by atoms with Gasteiger partial charge in [-0.1, -0.05) is 0 Å². The van der Waals surface area contributed by atoms with Crippen LogP contribution in [0.15, 0.2) is 5.10 Å². The summed E-state index contributed by atoms with van der Waals surface area (Å²) in [6.45, 7) is 10.3. The molecule has 5 N–H and O–H groups in total. The summed E-state index contributed by atoms with van der Waals surface area (Å²) >= 11 is 4.76. The smallest absolute Gasteiger partial charge is 0.413 e. The van der Waals surface area contributed by atoms with Crippen LogP contribution in [0.1, 0.15) is 41.5 Å². The molecule has 25 heavy (non-hydrogen) atoms. The van der Waals surface area contributed by atoms with Gasteiger partial charge < -0.3 is 15.3 Å². The Morgan fingerprint density at radius 1 is 1.04 bits per heavy atom. The summed E-state index contributed by atoms with van der Waals surface area (Å²) in [5.74, 6) is 4.34. The number of amides is 2. The Morgan fingerprint density at radius 2 is 1.36 bits per heavy atom. The van der Waals surface area contributed by atoms with E-state index in [4.69, 9.17) is 26.2 Å². The molecule has 0 aliphatic carbocycles. The second-order valence-electron chi connectivity index (χ2n) is 6.35. The summed E-state index contributed by atoms with van der Waals surface area (Å²) in [7, 11) is -4.09. The minimum atomic E-state index is -4.09. The Hall–Kier alpha value is -1.99. The first-order valence-electron chi connectivity index (χ1n) is 6.70. The summed E-state index contributed by atoms with van der Waals surface area (Å²) in [4.78, 5) is 22.6. The third kappa shape index (κ3) is 22.0. The number of alkyl carbamates (subject to hydrolysis) is 2. The second-order valence-corrected chi connectivity index (χ2v) is 8.00. The van der Waals surface area contributed by atoms with E-state index >= 15 is 0 Å². The van der Waals surface area contributed by atoms with E-state index in [1.54, 1.807) is 41.5 Å². The Labute approximate surface area is 152 Å². The summed E-state index contributed by atoms with van der Waals surface area (Å²) < 4.78 is 36.8. The topological polar surface area (TPSA) is 169 Å². The van der Waals surface area contributed by atoms with Crippen molar-refractivity contribution in [1.29, 1.82) is 0 Å². The van der Waals surface area contributed by atoms with Gasteiger partial charge >= 0.3 is 22.3 Å². The molecule has 0 fully saturated rings. The Morgan fingerprint density at radius 3 is 1.52 bits per heavy atom. The number of thiocarbonyl (C=S) groups is 1. The second kappa shape index (κ2) is 10.1. The van der Waals surface area contributed by atoms with Crippen molar-refractivity contribution in [2.24, 2.45) is 10.9 Å². The van der Waals surface area contributed by atoms with Gasteiger partial charge in [0.25, 0.3) is 0 Å². The fourth-order valence-corrected chi connectivity index (χ4v) is 1.22. The van der Waals surface area contributed by atoms with Crippen LogP contribution in [0.4, 0.5) is 9.59 Å². The number of hydrogen-bond donors (Lipinski definition) is 4. The normalized spacial score (nSPS) is 11.8. The molecule has 0 saturated carbocycles. The first kappa shape index (κ1) is 25.3. The number of nitrogens with one attached hydrogen (secondary N) is 2. The molecule has 0 unspecified atom stereocenters. The number of hydrogen-bond acceptors (Lipinski definition) is 9. The average molecular weight is 400 g/mol. The zero-order chi connectivity index (χ0) is 20.5. The van der Waals surface area contributed by atoms with Crippen molar-refractivity contribution in [3.8, 4) is 0 Å². The van der Waals surface area contributed by atoms with Crippen molar-refractivity contribution >= 4 is 45.2 Å². The van der Waals surface area contributed by atoms with Gasteiger partial charge in [0, 0.05) is 0 Å². The van der Waals surface area contributed by atoms with Crippen LogP contribution in [-0.4, -0.2) is 47.0 Å². The number of ether oxygens (including phenoxy) is 2. The van der Waals surface area contributed by atoms with Crippen LogP contribution < -0.4 is 16.5 Å². The van der Waals surface area contributed by atoms with Crippen molar-refractivity contribution in [3.05, 3.63) is 0 Å². The number of carbonyl (C=O) groups excluding carboxylic acids is 2. The predicted molar refractivity (Wildman–Crippen MR) is 95.6 cm³/mol. The van der Waals surface area contributed by atoms with Gasteiger partial charge in [0.05, 0.1) is 0 Å². The molecule has 146 valence electrons. The molecule has 11 nitrogen and oxygen atoms in total. The van der Waals surface area contributed by atoms with E-state index < -0.39 is 33.5 Å². The molecule has 0 aromatic heterocycles. The van der Waals surface area contributed by atoms with Gasteiger partial charge in [0.15, 0.2) is 10.7 Å². The zero-order valence-corrected chi connectivity index (χ0v) is 16.4. The van der Waals surface area contributed by atoms with E-state index in [2.05, 4.69) is 21.6 Å². The van der Waals surface area contributed by atoms with Crippen molar-refractivity contribution in [1.82, 2.24) is 10.6 Å². The Bertz CT molecular complexity index is 572. The van der Waals surface area contributed by atoms with Crippen molar-refractivity contribution in [2.75, 3.05) is 0 Å². The molecule has 0 heterocycles. The summed E-state index contributed by atoms with van der Waals surface area (Å²) in [6, 6.07) is 0. The molecule has 0 bridgehead atoms. The maximum absolute atomic E-state index is 11.3. The lowest BCUT2D eigenvalue weighted by Crippen LogP contribution is -2.45. The first-order valence-corrected chi connectivity index (χ1v) is 8.61. The number of nitrogens with two attached hydrogens (primary N) is 1. The highest BCUT2D eigenvalue weighted by molar-refractivity contribution is 7.99. The van der Waals surface area contributed by atoms with Gasteiger partial charge in [-0.05, 0) is 53.8 Å². The summed E-state index contributed by atoms with van der Waals surface area (Å²) in [5.41, 5.74) is -1.02. The predicted octanol–water partition coefficient (Wildman–Crippen LogP) is 1.10. The lowest BCUT2D eigenvalue weighted by atomic mass is 10.2. The summed E-state index contributed by atoms with van der Waals surface area (Å²) in [5, 5.41) is 6.80. The van der Waals surface area contributed by atoms with Gasteiger partial charge in [0.1, 0.15) is 11.2 Å². The minimum Gasteiger partial charge on any atom is -0.444 e. The van der Waals surface area contributed by atoms with Crippen LogP contribution in [0, 0.1) is 0 Å². The van der Waals surface area contributed by atoms with Crippen LogP contribution in [0.3, 0.4) is 0 Å². The van der Waals surface area contributed by atoms with Gasteiger partial charge in [-0.2, -0.15) is 13.5 Å². The van der Waals surface area contributed by atoms with Crippen LogP contribution in [-0.2, 0) is 19.6 Å². The van der Waals surface area contributed by atoms with Crippen molar-refractivity contribution in [3.63, 3.8) is 0 Å². The molecule has 0 rings (SSSR count). The number of carbonyl (C=O) groups is 2. The molecular weight excluding hydrogens is 376 g/mol. The molecular formula is C12H24N4O7S2. The third-order valence-electron chi connectivity index (χ3n) is 1.42. The molecule has 0 radical (unpaired) electrons. The quantitative estimate of drug-likeness (QED) is 0.126. The lowest BCUT2D eigenvalue weighted by molar-refractivity contribution is 0.0547. The summed E-state index contributed by atoms with van der Waals surface area (Å²) in [6.07, 6.45) is -1.47. The molecule has 0 aliphatic heterocycles. The highest BCUT2D eigenvalue weighted by atomic mass is 32.2. The maximum atomic E-state index is 11.3. The Kier molecular flexibility index (Phi) is 10.2.